The molecule has 0 aliphatic heterocycles. The van der Waals surface area contributed by atoms with E-state index in [2.05, 4.69) is 20.9 Å². The molecule has 3 rings (SSSR count). The smallest absolute Gasteiger partial charge is 0.326 e. The second-order valence-electron chi connectivity index (χ2n) is 10.4. The number of nitrogens with two attached hydrogens (primary N) is 1. The van der Waals surface area contributed by atoms with Gasteiger partial charge in [0, 0.05) is 23.5 Å². The van der Waals surface area contributed by atoms with Crippen LogP contribution < -0.4 is 21.7 Å². The molecule has 2 aromatic carbocycles. The molecule has 5 unspecified atom stereocenters. The Labute approximate surface area is 237 Å². The molecule has 41 heavy (non-hydrogen) atoms. The number of aliphatic hydroxyl groups is 1. The summed E-state index contributed by atoms with van der Waals surface area (Å²) in [4.78, 5) is 54.2. The number of aliphatic carboxylic acids is 1. The number of fused-ring (bicyclic) bond motifs is 1. The number of H-pyrrole nitrogens is 1. The Morgan fingerprint density at radius 3 is 2.10 bits per heavy atom. The van der Waals surface area contributed by atoms with Crippen molar-refractivity contribution in [1.29, 1.82) is 0 Å². The van der Waals surface area contributed by atoms with E-state index in [1.807, 2.05) is 24.3 Å². The van der Waals surface area contributed by atoms with Gasteiger partial charge < -0.3 is 42.0 Å². The van der Waals surface area contributed by atoms with Gasteiger partial charge in [0.25, 0.3) is 0 Å². The van der Waals surface area contributed by atoms with Crippen LogP contribution in [0.4, 0.5) is 0 Å². The lowest BCUT2D eigenvalue weighted by Gasteiger charge is -2.27. The second-order valence-corrected chi connectivity index (χ2v) is 10.4. The molecule has 0 aliphatic carbocycles. The fraction of sp³-hybridized carbons (Fsp3) is 0.379. The molecule has 5 atom stereocenters. The second kappa shape index (κ2) is 13.8. The predicted octanol–water partition coefficient (Wildman–Crippen LogP) is 0.562. The number of aromatic nitrogens is 1. The summed E-state index contributed by atoms with van der Waals surface area (Å²) in [5.41, 5.74) is 8.38. The van der Waals surface area contributed by atoms with Crippen LogP contribution in [-0.2, 0) is 32.0 Å². The van der Waals surface area contributed by atoms with E-state index in [9.17, 15) is 34.5 Å². The largest absolute Gasteiger partial charge is 0.508 e. The Kier molecular flexibility index (Phi) is 10.5. The summed E-state index contributed by atoms with van der Waals surface area (Å²) in [5.74, 6) is -3.90. The molecular formula is C29H37N5O7. The fourth-order valence-corrected chi connectivity index (χ4v) is 4.40. The van der Waals surface area contributed by atoms with Crippen LogP contribution in [0.25, 0.3) is 10.9 Å². The van der Waals surface area contributed by atoms with Gasteiger partial charge in [0.05, 0.1) is 12.1 Å². The molecule has 3 aromatic rings. The summed E-state index contributed by atoms with van der Waals surface area (Å²) in [6.45, 7) is 4.52. The molecule has 9 N–H and O–H groups in total. The number of amides is 3. The number of phenols is 1. The number of rotatable bonds is 13. The summed E-state index contributed by atoms with van der Waals surface area (Å²) in [5, 5.41) is 37.6. The Morgan fingerprint density at radius 1 is 0.854 bits per heavy atom. The van der Waals surface area contributed by atoms with Gasteiger partial charge in [-0.05, 0) is 48.6 Å². The lowest BCUT2D eigenvalue weighted by atomic mass is 10.0. The number of carbonyl (C=O) groups excluding carboxylic acids is 3. The van der Waals surface area contributed by atoms with Gasteiger partial charge >= 0.3 is 5.97 Å². The van der Waals surface area contributed by atoms with Gasteiger partial charge in [0.15, 0.2) is 0 Å². The zero-order valence-corrected chi connectivity index (χ0v) is 23.1. The van der Waals surface area contributed by atoms with Crippen LogP contribution in [0.15, 0.2) is 54.7 Å². The van der Waals surface area contributed by atoms with Crippen LogP contribution in [-0.4, -0.2) is 74.3 Å². The van der Waals surface area contributed by atoms with E-state index in [4.69, 9.17) is 5.73 Å². The zero-order chi connectivity index (χ0) is 30.3. The summed E-state index contributed by atoms with van der Waals surface area (Å²) in [6, 6.07) is 8.67. The quantitative estimate of drug-likeness (QED) is 0.146. The lowest BCUT2D eigenvalue weighted by molar-refractivity contribution is -0.144. The fourth-order valence-electron chi connectivity index (χ4n) is 4.40. The Hall–Kier alpha value is -4.42. The van der Waals surface area contributed by atoms with E-state index >= 15 is 0 Å². The number of carboxylic acids is 1. The van der Waals surface area contributed by atoms with E-state index < -0.39 is 59.9 Å². The van der Waals surface area contributed by atoms with Gasteiger partial charge in [-0.15, -0.1) is 0 Å². The number of phenolic OH excluding ortho intramolecular Hbond substituents is 1. The molecule has 3 amide bonds. The Bertz CT molecular complexity index is 1370. The number of hydrogen-bond acceptors (Lipinski definition) is 7. The molecule has 0 bridgehead atoms. The third-order valence-corrected chi connectivity index (χ3v) is 6.75. The minimum Gasteiger partial charge on any atom is -0.508 e. The summed E-state index contributed by atoms with van der Waals surface area (Å²) in [6.07, 6.45) is 0.511. The SMILES string of the molecule is CC(C)C(NC(=O)C(NC(=O)C(Cc1c[nH]c2ccccc12)NC(=O)C(N)Cc1ccc(O)cc1)C(C)O)C(=O)O. The highest BCUT2D eigenvalue weighted by Gasteiger charge is 2.34. The van der Waals surface area contributed by atoms with Crippen molar-refractivity contribution in [3.05, 3.63) is 65.9 Å². The maximum absolute atomic E-state index is 13.5. The van der Waals surface area contributed by atoms with Crippen LogP contribution >= 0.6 is 0 Å². The molecule has 0 fully saturated rings. The Balaban J connectivity index is 1.82. The third-order valence-electron chi connectivity index (χ3n) is 6.75. The van der Waals surface area contributed by atoms with Gasteiger partial charge in [-0.2, -0.15) is 0 Å². The standard InChI is InChI=1S/C29H37N5O7/c1-15(2)24(29(40)41)33-28(39)25(16(3)35)34-27(38)23(13-18-14-31-22-7-5-4-6-20(18)22)32-26(37)21(30)12-17-8-10-19(36)11-9-17/h4-11,14-16,21,23-25,31,35-36H,12-13,30H2,1-3H3,(H,32,37)(H,33,39)(H,34,38)(H,40,41). The average molecular weight is 568 g/mol. The number of aromatic amines is 1. The van der Waals surface area contributed by atoms with Gasteiger partial charge in [0.1, 0.15) is 23.9 Å². The summed E-state index contributed by atoms with van der Waals surface area (Å²) in [7, 11) is 0. The number of para-hydroxylation sites is 1. The number of carbonyl (C=O) groups is 4. The molecule has 12 heteroatoms. The number of carboxylic acid groups (broad SMARTS) is 1. The van der Waals surface area contributed by atoms with Crippen molar-refractivity contribution in [2.45, 2.75) is 63.9 Å². The molecule has 0 aliphatic rings. The van der Waals surface area contributed by atoms with Crippen molar-refractivity contribution in [3.63, 3.8) is 0 Å². The highest BCUT2D eigenvalue weighted by molar-refractivity contribution is 5.95. The first kappa shape index (κ1) is 31.1. The van der Waals surface area contributed by atoms with Crippen LogP contribution in [0.2, 0.25) is 0 Å². The lowest BCUT2D eigenvalue weighted by Crippen LogP contribution is -2.60. The van der Waals surface area contributed by atoms with E-state index in [0.717, 1.165) is 16.5 Å². The van der Waals surface area contributed by atoms with Crippen molar-refractivity contribution < 1.29 is 34.5 Å². The molecule has 0 saturated carbocycles. The van der Waals surface area contributed by atoms with Gasteiger partial charge in [0.2, 0.25) is 17.7 Å². The first-order chi connectivity index (χ1) is 19.4. The maximum Gasteiger partial charge on any atom is 0.326 e. The first-order valence-corrected chi connectivity index (χ1v) is 13.3. The van der Waals surface area contributed by atoms with Crippen LogP contribution in [0.3, 0.4) is 0 Å². The highest BCUT2D eigenvalue weighted by atomic mass is 16.4. The van der Waals surface area contributed by atoms with Crippen LogP contribution in [0.5, 0.6) is 5.75 Å². The van der Waals surface area contributed by atoms with Crippen LogP contribution in [0, 0.1) is 5.92 Å². The number of aromatic hydroxyl groups is 1. The maximum atomic E-state index is 13.5. The number of aliphatic hydroxyl groups excluding tert-OH is 1. The molecule has 0 saturated heterocycles. The van der Waals surface area contributed by atoms with E-state index in [-0.39, 0.29) is 18.6 Å². The third kappa shape index (κ3) is 8.29. The topological polar surface area (TPSA) is 207 Å². The molecule has 0 spiro atoms. The summed E-state index contributed by atoms with van der Waals surface area (Å²) < 4.78 is 0. The number of benzene rings is 2. The molecule has 220 valence electrons. The molecule has 12 nitrogen and oxygen atoms in total. The highest BCUT2D eigenvalue weighted by Crippen LogP contribution is 2.19. The average Bonchev–Trinajstić information content (AvgIpc) is 3.33. The molecule has 0 radical (unpaired) electrons. The monoisotopic (exact) mass is 567 g/mol. The van der Waals surface area contributed by atoms with Crippen molar-refractivity contribution in [2.75, 3.05) is 0 Å². The molecule has 1 heterocycles. The number of nitrogens with one attached hydrogen (secondary N) is 4. The van der Waals surface area contributed by atoms with Gasteiger partial charge in [-0.1, -0.05) is 44.2 Å². The van der Waals surface area contributed by atoms with E-state index in [0.29, 0.717) is 5.56 Å². The minimum absolute atomic E-state index is 0.0331. The van der Waals surface area contributed by atoms with E-state index in [1.165, 1.54) is 19.1 Å². The number of hydrogen-bond donors (Lipinski definition) is 8. The van der Waals surface area contributed by atoms with Gasteiger partial charge in [-0.25, -0.2) is 4.79 Å². The molecule has 1 aromatic heterocycles. The van der Waals surface area contributed by atoms with Crippen LogP contribution in [0.1, 0.15) is 31.9 Å². The zero-order valence-electron chi connectivity index (χ0n) is 23.1. The van der Waals surface area contributed by atoms with E-state index in [1.54, 1.807) is 32.2 Å². The van der Waals surface area contributed by atoms with Crippen molar-refractivity contribution in [2.24, 2.45) is 11.7 Å². The molecular weight excluding hydrogens is 530 g/mol. The van der Waals surface area contributed by atoms with Crippen molar-refractivity contribution >= 4 is 34.6 Å². The Morgan fingerprint density at radius 2 is 1.49 bits per heavy atom. The van der Waals surface area contributed by atoms with Crippen molar-refractivity contribution in [3.8, 4) is 5.75 Å². The summed E-state index contributed by atoms with van der Waals surface area (Å²) >= 11 is 0. The first-order valence-electron chi connectivity index (χ1n) is 13.3. The minimum atomic E-state index is -1.49. The van der Waals surface area contributed by atoms with Crippen molar-refractivity contribution in [1.82, 2.24) is 20.9 Å². The van der Waals surface area contributed by atoms with Gasteiger partial charge in [-0.3, -0.25) is 14.4 Å². The normalized spacial score (nSPS) is 15.0. The predicted molar refractivity (Wildman–Crippen MR) is 152 cm³/mol.